The van der Waals surface area contributed by atoms with Gasteiger partial charge in [-0.3, -0.25) is 9.89 Å². The number of ether oxygens (including phenoxy) is 1. The van der Waals surface area contributed by atoms with Gasteiger partial charge in [0.05, 0.1) is 24.0 Å². The van der Waals surface area contributed by atoms with Crippen molar-refractivity contribution in [2.24, 2.45) is 0 Å². The van der Waals surface area contributed by atoms with Crippen LogP contribution in [0.15, 0.2) is 30.6 Å². The van der Waals surface area contributed by atoms with E-state index in [2.05, 4.69) is 30.7 Å². The maximum absolute atomic E-state index is 13.5. The van der Waals surface area contributed by atoms with Crippen LogP contribution in [-0.4, -0.2) is 54.9 Å². The molecule has 0 radical (unpaired) electrons. The van der Waals surface area contributed by atoms with Crippen LogP contribution in [0.25, 0.3) is 0 Å². The van der Waals surface area contributed by atoms with Crippen LogP contribution >= 0.6 is 0 Å². The van der Waals surface area contributed by atoms with E-state index in [1.54, 1.807) is 23.4 Å². The van der Waals surface area contributed by atoms with Gasteiger partial charge in [-0.1, -0.05) is 11.3 Å². The van der Waals surface area contributed by atoms with Crippen LogP contribution < -0.4 is 5.32 Å². The van der Waals surface area contributed by atoms with Crippen molar-refractivity contribution in [3.05, 3.63) is 64.5 Å². The number of hydrogen-bond acceptors (Lipinski definition) is 7. The number of H-pyrrole nitrogens is 1. The minimum absolute atomic E-state index is 0.00242. The Hall–Kier alpha value is -3.40. The van der Waals surface area contributed by atoms with Crippen LogP contribution in [0.1, 0.15) is 35.0 Å². The first-order valence-corrected chi connectivity index (χ1v) is 10.7. The lowest BCUT2D eigenvalue weighted by molar-refractivity contribution is -0.138. The summed E-state index contributed by atoms with van der Waals surface area (Å²) in [6.07, 6.45) is 5.47. The van der Waals surface area contributed by atoms with Gasteiger partial charge in [-0.15, -0.1) is 5.10 Å². The Labute approximate surface area is 184 Å². The highest BCUT2D eigenvalue weighted by Crippen LogP contribution is 2.26. The monoisotopic (exact) mass is 437 g/mol. The summed E-state index contributed by atoms with van der Waals surface area (Å²) >= 11 is 0. The number of amides is 1. The molecule has 3 heterocycles. The van der Waals surface area contributed by atoms with E-state index in [9.17, 15) is 9.18 Å². The third-order valence-electron chi connectivity index (χ3n) is 5.90. The molecule has 9 nitrogen and oxygen atoms in total. The molecule has 3 aromatic rings. The van der Waals surface area contributed by atoms with Crippen molar-refractivity contribution in [3.8, 4) is 0 Å². The summed E-state index contributed by atoms with van der Waals surface area (Å²) in [6.45, 7) is 2.81. The van der Waals surface area contributed by atoms with Crippen molar-refractivity contribution in [1.82, 2.24) is 30.3 Å². The third-order valence-corrected chi connectivity index (χ3v) is 5.90. The normalized spacial score (nSPS) is 17.8. The lowest BCUT2D eigenvalue weighted by Gasteiger charge is -2.17. The number of benzene rings is 1. The van der Waals surface area contributed by atoms with Crippen LogP contribution in [0.4, 0.5) is 10.3 Å². The molecule has 2 N–H and O–H groups in total. The molecule has 32 heavy (non-hydrogen) atoms. The lowest BCUT2D eigenvalue weighted by atomic mass is 10.1. The van der Waals surface area contributed by atoms with E-state index in [0.717, 1.165) is 40.9 Å². The van der Waals surface area contributed by atoms with Gasteiger partial charge in [0.2, 0.25) is 11.9 Å². The number of aromatic nitrogens is 5. The van der Waals surface area contributed by atoms with Gasteiger partial charge in [-0.05, 0) is 43.0 Å². The average Bonchev–Trinajstić information content (AvgIpc) is 3.50. The Kier molecular flexibility index (Phi) is 5.52. The number of aromatic amines is 1. The second-order valence-corrected chi connectivity index (χ2v) is 8.37. The van der Waals surface area contributed by atoms with Crippen molar-refractivity contribution in [2.45, 2.75) is 51.4 Å². The molecule has 5 rings (SSSR count). The fraction of sp³-hybridized carbons (Fsp3) is 0.409. The number of carbonyl (C=O) groups is 1. The fourth-order valence-electron chi connectivity index (χ4n) is 4.25. The Morgan fingerprint density at radius 1 is 1.31 bits per heavy atom. The Balaban J connectivity index is 1.14. The Morgan fingerprint density at radius 2 is 2.19 bits per heavy atom. The highest BCUT2D eigenvalue weighted by molar-refractivity contribution is 5.78. The van der Waals surface area contributed by atoms with Gasteiger partial charge >= 0.3 is 0 Å². The minimum Gasteiger partial charge on any atom is -0.368 e. The lowest BCUT2D eigenvalue weighted by Crippen LogP contribution is -2.31. The second-order valence-electron chi connectivity index (χ2n) is 8.37. The van der Waals surface area contributed by atoms with Crippen LogP contribution in [0.3, 0.4) is 0 Å². The minimum atomic E-state index is -0.209. The topological polar surface area (TPSA) is 109 Å². The summed E-state index contributed by atoms with van der Waals surface area (Å²) in [4.78, 5) is 23.4. The summed E-state index contributed by atoms with van der Waals surface area (Å²) in [5.41, 5.74) is 4.76. The molecule has 1 amide bonds. The zero-order valence-corrected chi connectivity index (χ0v) is 17.7. The predicted octanol–water partition coefficient (Wildman–Crippen LogP) is 1.80. The molecule has 2 aromatic heterocycles. The van der Waals surface area contributed by atoms with E-state index >= 15 is 0 Å². The zero-order valence-electron chi connectivity index (χ0n) is 17.7. The molecule has 0 saturated carbocycles. The summed E-state index contributed by atoms with van der Waals surface area (Å²) in [5.74, 6) is 0.242. The molecule has 10 heteroatoms. The molecule has 0 bridgehead atoms. The molecule has 0 saturated heterocycles. The van der Waals surface area contributed by atoms with Gasteiger partial charge < -0.3 is 15.0 Å². The summed E-state index contributed by atoms with van der Waals surface area (Å²) < 4.78 is 19.2. The van der Waals surface area contributed by atoms with Gasteiger partial charge in [0.25, 0.3) is 0 Å². The van der Waals surface area contributed by atoms with Crippen molar-refractivity contribution in [2.75, 3.05) is 11.9 Å². The van der Waals surface area contributed by atoms with Crippen LogP contribution in [0, 0.1) is 5.82 Å². The van der Waals surface area contributed by atoms with E-state index in [4.69, 9.17) is 4.74 Å². The van der Waals surface area contributed by atoms with Gasteiger partial charge in [-0.25, -0.2) is 14.4 Å². The Morgan fingerprint density at radius 3 is 3.03 bits per heavy atom. The van der Waals surface area contributed by atoms with Gasteiger partial charge in [0, 0.05) is 37.0 Å². The molecule has 0 unspecified atom stereocenters. The molecule has 1 aromatic carbocycles. The first kappa shape index (κ1) is 20.5. The van der Waals surface area contributed by atoms with Crippen molar-refractivity contribution >= 4 is 11.9 Å². The second kappa shape index (κ2) is 8.62. The summed E-state index contributed by atoms with van der Waals surface area (Å²) in [7, 11) is 0. The SMILES string of the molecule is C[C@H](Cc1c[nH]nn1)OCC(=O)N1Cc2cnc(N[C@H]3Cc4ccc(F)cc4C3)nc2C1. The molecule has 2 aliphatic rings. The molecule has 0 spiro atoms. The van der Waals surface area contributed by atoms with Crippen molar-refractivity contribution < 1.29 is 13.9 Å². The summed E-state index contributed by atoms with van der Waals surface area (Å²) in [6, 6.07) is 5.06. The highest BCUT2D eigenvalue weighted by atomic mass is 19.1. The number of anilines is 1. The number of nitrogens with zero attached hydrogens (tertiary/aromatic N) is 5. The quantitative estimate of drug-likeness (QED) is 0.580. The number of halogens is 1. The number of carbonyl (C=O) groups excluding carboxylic acids is 1. The zero-order chi connectivity index (χ0) is 22.1. The maximum atomic E-state index is 13.5. The number of nitrogens with one attached hydrogen (secondary N) is 2. The first-order valence-electron chi connectivity index (χ1n) is 10.7. The smallest absolute Gasteiger partial charge is 0.249 e. The highest BCUT2D eigenvalue weighted by Gasteiger charge is 2.27. The molecular formula is C22H24FN7O2. The molecule has 2 atom stereocenters. The van der Waals surface area contributed by atoms with Crippen LogP contribution in [-0.2, 0) is 41.9 Å². The number of rotatable bonds is 7. The Bertz CT molecular complexity index is 1120. The maximum Gasteiger partial charge on any atom is 0.249 e. The molecule has 166 valence electrons. The van der Waals surface area contributed by atoms with E-state index < -0.39 is 0 Å². The fourth-order valence-corrected chi connectivity index (χ4v) is 4.25. The van der Waals surface area contributed by atoms with E-state index in [1.165, 1.54) is 6.07 Å². The summed E-state index contributed by atoms with van der Waals surface area (Å²) in [5, 5.41) is 13.6. The molecule has 1 aliphatic heterocycles. The van der Waals surface area contributed by atoms with Crippen molar-refractivity contribution in [3.63, 3.8) is 0 Å². The standard InChI is InChI=1S/C22H24FN7O2/c1-13(4-19-9-25-29-28-19)32-12-21(31)30-10-16-8-24-22(27-20(16)11-30)26-18-6-14-2-3-17(23)5-15(14)7-18/h2-3,5,8-9,13,18H,4,6-7,10-12H2,1H3,(H,24,26,27)(H,25,28,29)/t13-,18+/m1/s1. The third kappa shape index (κ3) is 4.45. The van der Waals surface area contributed by atoms with Crippen molar-refractivity contribution in [1.29, 1.82) is 0 Å². The number of hydrogen-bond donors (Lipinski definition) is 2. The first-order chi connectivity index (χ1) is 15.5. The van der Waals surface area contributed by atoms with Crippen LogP contribution in [0.5, 0.6) is 0 Å². The van der Waals surface area contributed by atoms with Gasteiger partial charge in [-0.2, -0.15) is 0 Å². The molecule has 1 aliphatic carbocycles. The van der Waals surface area contributed by atoms with Gasteiger partial charge in [0.1, 0.15) is 12.4 Å². The average molecular weight is 437 g/mol. The van der Waals surface area contributed by atoms with E-state index in [1.807, 2.05) is 13.0 Å². The molecule has 0 fully saturated rings. The van der Waals surface area contributed by atoms with E-state index in [0.29, 0.717) is 25.5 Å². The molecular weight excluding hydrogens is 413 g/mol. The van der Waals surface area contributed by atoms with Gasteiger partial charge in [0.15, 0.2) is 0 Å². The predicted molar refractivity (Wildman–Crippen MR) is 113 cm³/mol. The van der Waals surface area contributed by atoms with Crippen LogP contribution in [0.2, 0.25) is 0 Å². The largest absolute Gasteiger partial charge is 0.368 e. The number of fused-ring (bicyclic) bond motifs is 2. The van der Waals surface area contributed by atoms with E-state index in [-0.39, 0.29) is 30.5 Å².